The van der Waals surface area contributed by atoms with Crippen LogP contribution < -0.4 is 0 Å². The monoisotopic (exact) mass is 316 g/mol. The quantitative estimate of drug-likeness (QED) is 0.510. The van der Waals surface area contributed by atoms with Crippen molar-refractivity contribution in [3.63, 3.8) is 0 Å². The topological polar surface area (TPSA) is 17.1 Å². The number of Topliss-reactive ketones (excluding diaryl/α,β-unsaturated/α-hetero) is 1. The van der Waals surface area contributed by atoms with Crippen LogP contribution in [0.4, 0.5) is 0 Å². The van der Waals surface area contributed by atoms with E-state index in [4.69, 9.17) is 0 Å². The van der Waals surface area contributed by atoms with Crippen LogP contribution in [0.25, 0.3) is 10.8 Å². The van der Waals surface area contributed by atoms with Crippen molar-refractivity contribution in [1.29, 1.82) is 0 Å². The molecule has 0 aliphatic rings. The molecule has 1 nitrogen and oxygen atoms in total. The summed E-state index contributed by atoms with van der Waals surface area (Å²) < 4.78 is 0. The third-order valence-corrected chi connectivity index (χ3v) is 4.66. The summed E-state index contributed by atoms with van der Waals surface area (Å²) in [5.74, 6) is 0.759. The molecule has 122 valence electrons. The molecule has 0 radical (unpaired) electrons. The number of carbonyl (C=O) groups is 1. The van der Waals surface area contributed by atoms with Gasteiger partial charge in [0, 0.05) is 12.0 Å². The summed E-state index contributed by atoms with van der Waals surface area (Å²) in [6.07, 6.45) is 2.57. The number of hydrogen-bond donors (Lipinski definition) is 0. The fourth-order valence-electron chi connectivity index (χ4n) is 3.21. The lowest BCUT2D eigenvalue weighted by Crippen LogP contribution is -2.06. The highest BCUT2D eigenvalue weighted by Gasteiger charge is 2.12. The molecule has 1 atom stereocenters. The van der Waals surface area contributed by atoms with E-state index in [2.05, 4.69) is 50.2 Å². The van der Waals surface area contributed by atoms with Crippen molar-refractivity contribution in [2.75, 3.05) is 0 Å². The first-order valence-corrected chi connectivity index (χ1v) is 8.70. The van der Waals surface area contributed by atoms with Crippen LogP contribution in [0, 0.1) is 12.8 Å². The second-order valence-electron chi connectivity index (χ2n) is 6.78. The zero-order valence-electron chi connectivity index (χ0n) is 14.5. The Hall–Kier alpha value is -2.41. The molecule has 0 unspecified atom stereocenters. The summed E-state index contributed by atoms with van der Waals surface area (Å²) in [5, 5.41) is 2.20. The first kappa shape index (κ1) is 16.4. The number of fused-ring (bicyclic) bond motifs is 1. The van der Waals surface area contributed by atoms with Gasteiger partial charge in [-0.3, -0.25) is 4.79 Å². The van der Waals surface area contributed by atoms with E-state index in [1.807, 2.05) is 30.3 Å². The molecular weight excluding hydrogens is 292 g/mol. The van der Waals surface area contributed by atoms with E-state index in [0.717, 1.165) is 29.2 Å². The van der Waals surface area contributed by atoms with Gasteiger partial charge in [0.1, 0.15) is 0 Å². The highest BCUT2D eigenvalue weighted by atomic mass is 16.1. The summed E-state index contributed by atoms with van der Waals surface area (Å²) in [5.41, 5.74) is 3.50. The smallest absolute Gasteiger partial charge is 0.163 e. The maximum absolute atomic E-state index is 12.7. The lowest BCUT2D eigenvalue weighted by Gasteiger charge is -2.12. The zero-order chi connectivity index (χ0) is 16.9. The van der Waals surface area contributed by atoms with Crippen molar-refractivity contribution in [2.24, 2.45) is 5.92 Å². The fourth-order valence-corrected chi connectivity index (χ4v) is 3.21. The first-order valence-electron chi connectivity index (χ1n) is 8.70. The minimum absolute atomic E-state index is 0.252. The first-order chi connectivity index (χ1) is 11.6. The SMILES string of the molecule is Cc1ccc(C[C@@H](C)CCC(=O)c2cccc3ccccc23)cc1. The van der Waals surface area contributed by atoms with Gasteiger partial charge in [-0.2, -0.15) is 0 Å². The molecule has 0 aliphatic carbocycles. The Kier molecular flexibility index (Phi) is 5.10. The molecule has 3 aromatic carbocycles. The van der Waals surface area contributed by atoms with E-state index >= 15 is 0 Å². The van der Waals surface area contributed by atoms with Gasteiger partial charge >= 0.3 is 0 Å². The van der Waals surface area contributed by atoms with Crippen LogP contribution in [0.1, 0.15) is 41.3 Å². The van der Waals surface area contributed by atoms with Crippen molar-refractivity contribution in [3.05, 3.63) is 83.4 Å². The summed E-state index contributed by atoms with van der Waals surface area (Å²) in [6, 6.07) is 22.8. The van der Waals surface area contributed by atoms with E-state index in [0.29, 0.717) is 12.3 Å². The number of rotatable bonds is 6. The molecule has 0 fully saturated rings. The van der Waals surface area contributed by atoms with Gasteiger partial charge < -0.3 is 0 Å². The largest absolute Gasteiger partial charge is 0.294 e. The lowest BCUT2D eigenvalue weighted by atomic mass is 9.92. The summed E-state index contributed by atoms with van der Waals surface area (Å²) in [7, 11) is 0. The summed E-state index contributed by atoms with van der Waals surface area (Å²) in [4.78, 5) is 12.7. The number of aryl methyl sites for hydroxylation is 1. The lowest BCUT2D eigenvalue weighted by molar-refractivity contribution is 0.0976. The van der Waals surface area contributed by atoms with Crippen LogP contribution in [0.15, 0.2) is 66.7 Å². The summed E-state index contributed by atoms with van der Waals surface area (Å²) in [6.45, 7) is 4.34. The van der Waals surface area contributed by atoms with Gasteiger partial charge in [0.25, 0.3) is 0 Å². The molecule has 0 N–H and O–H groups in total. The Morgan fingerprint density at radius 1 is 0.917 bits per heavy atom. The normalized spacial score (nSPS) is 12.2. The Labute approximate surface area is 144 Å². The molecule has 0 bridgehead atoms. The number of hydrogen-bond acceptors (Lipinski definition) is 1. The second kappa shape index (κ2) is 7.44. The Morgan fingerprint density at radius 2 is 1.62 bits per heavy atom. The minimum atomic E-state index is 0.252. The Balaban J connectivity index is 1.63. The van der Waals surface area contributed by atoms with E-state index < -0.39 is 0 Å². The van der Waals surface area contributed by atoms with Gasteiger partial charge in [-0.25, -0.2) is 0 Å². The van der Waals surface area contributed by atoms with Crippen LogP contribution in [-0.4, -0.2) is 5.78 Å². The molecule has 0 aromatic heterocycles. The van der Waals surface area contributed by atoms with Gasteiger partial charge in [-0.15, -0.1) is 0 Å². The molecule has 3 aromatic rings. The van der Waals surface area contributed by atoms with Crippen molar-refractivity contribution in [1.82, 2.24) is 0 Å². The van der Waals surface area contributed by atoms with Crippen LogP contribution in [0.3, 0.4) is 0 Å². The third kappa shape index (κ3) is 3.91. The molecule has 0 amide bonds. The van der Waals surface area contributed by atoms with Gasteiger partial charge in [-0.05, 0) is 42.0 Å². The van der Waals surface area contributed by atoms with Crippen LogP contribution >= 0.6 is 0 Å². The molecule has 0 aliphatic heterocycles. The number of ketones is 1. The Morgan fingerprint density at radius 3 is 2.42 bits per heavy atom. The predicted molar refractivity (Wildman–Crippen MR) is 102 cm³/mol. The Bertz CT molecular complexity index is 825. The maximum Gasteiger partial charge on any atom is 0.163 e. The van der Waals surface area contributed by atoms with Crippen LogP contribution in [-0.2, 0) is 6.42 Å². The molecule has 0 saturated carbocycles. The molecule has 0 heterocycles. The molecule has 1 heteroatoms. The van der Waals surface area contributed by atoms with E-state index in [-0.39, 0.29) is 5.78 Å². The third-order valence-electron chi connectivity index (χ3n) is 4.66. The molecule has 3 rings (SSSR count). The standard InChI is InChI=1S/C23H24O/c1-17-10-13-19(14-11-17)16-18(2)12-15-23(24)22-9-5-7-20-6-3-4-8-21(20)22/h3-11,13-14,18H,12,15-16H2,1-2H3/t18-/m0/s1. The molecule has 24 heavy (non-hydrogen) atoms. The molecule has 0 saturated heterocycles. The van der Waals surface area contributed by atoms with E-state index in [1.54, 1.807) is 0 Å². The van der Waals surface area contributed by atoms with Crippen molar-refractivity contribution in [2.45, 2.75) is 33.1 Å². The zero-order valence-corrected chi connectivity index (χ0v) is 14.5. The average molecular weight is 316 g/mol. The van der Waals surface area contributed by atoms with Gasteiger partial charge in [-0.1, -0.05) is 79.2 Å². The van der Waals surface area contributed by atoms with Crippen molar-refractivity contribution in [3.8, 4) is 0 Å². The average Bonchev–Trinajstić information content (AvgIpc) is 2.61. The number of carbonyl (C=O) groups excluding carboxylic acids is 1. The molecule has 0 spiro atoms. The predicted octanol–water partition coefficient (Wildman–Crippen LogP) is 5.99. The second-order valence-corrected chi connectivity index (χ2v) is 6.78. The highest BCUT2D eigenvalue weighted by Crippen LogP contribution is 2.22. The minimum Gasteiger partial charge on any atom is -0.294 e. The summed E-state index contributed by atoms with van der Waals surface area (Å²) >= 11 is 0. The maximum atomic E-state index is 12.7. The van der Waals surface area contributed by atoms with Crippen molar-refractivity contribution >= 4 is 16.6 Å². The van der Waals surface area contributed by atoms with E-state index in [9.17, 15) is 4.79 Å². The number of benzene rings is 3. The van der Waals surface area contributed by atoms with Gasteiger partial charge in [0.2, 0.25) is 0 Å². The van der Waals surface area contributed by atoms with Gasteiger partial charge in [0.05, 0.1) is 0 Å². The van der Waals surface area contributed by atoms with Crippen LogP contribution in [0.2, 0.25) is 0 Å². The van der Waals surface area contributed by atoms with Crippen molar-refractivity contribution < 1.29 is 4.79 Å². The highest BCUT2D eigenvalue weighted by molar-refractivity contribution is 6.08. The van der Waals surface area contributed by atoms with E-state index in [1.165, 1.54) is 11.1 Å². The van der Waals surface area contributed by atoms with Crippen LogP contribution in [0.5, 0.6) is 0 Å². The fraction of sp³-hybridized carbons (Fsp3) is 0.261. The molecular formula is C23H24O. The van der Waals surface area contributed by atoms with Gasteiger partial charge in [0.15, 0.2) is 5.78 Å².